The van der Waals surface area contributed by atoms with E-state index in [0.29, 0.717) is 0 Å². The maximum atomic E-state index is 10.5. The summed E-state index contributed by atoms with van der Waals surface area (Å²) in [4.78, 5) is 21.1. The van der Waals surface area contributed by atoms with Crippen LogP contribution in [0, 0.1) is 11.8 Å². The molecule has 0 aliphatic heterocycles. The topological polar surface area (TPSA) is 115 Å². The maximum absolute atomic E-state index is 10.5. The summed E-state index contributed by atoms with van der Waals surface area (Å²) in [6.45, 7) is -0.161. The molecule has 0 aliphatic rings. The van der Waals surface area contributed by atoms with Gasteiger partial charge in [0.15, 0.2) is 0 Å². The molecule has 4 N–H and O–H groups in total. The highest BCUT2D eigenvalue weighted by Gasteiger charge is 2.12. The number of aliphatic hydroxyl groups excluding tert-OH is 2. The van der Waals surface area contributed by atoms with Gasteiger partial charge in [-0.15, -0.1) is 8.58 Å². The quantitative estimate of drug-likeness (QED) is 0.284. The maximum Gasteiger partial charge on any atom is 0.303 e. The second kappa shape index (κ2) is 13.0. The number of carboxylic acid groups (broad SMARTS) is 2. The molecule has 0 spiro atoms. The minimum absolute atomic E-state index is 0.0208. The molecule has 0 aromatic carbocycles. The first-order chi connectivity index (χ1) is 9.99. The van der Waals surface area contributed by atoms with Crippen LogP contribution in [0.1, 0.15) is 38.5 Å². The van der Waals surface area contributed by atoms with Gasteiger partial charge >= 0.3 is 11.9 Å². The molecule has 124 valence electrons. The molecule has 0 aromatic rings. The fraction of sp³-hybridized carbons (Fsp3) is 0.857. The van der Waals surface area contributed by atoms with E-state index < -0.39 is 11.9 Å². The van der Waals surface area contributed by atoms with Gasteiger partial charge in [0.2, 0.25) is 0 Å². The Morgan fingerprint density at radius 2 is 1.19 bits per heavy atom. The second-order valence-corrected chi connectivity index (χ2v) is 6.83. The lowest BCUT2D eigenvalue weighted by Gasteiger charge is -2.12. The van der Waals surface area contributed by atoms with Crippen LogP contribution in [0.4, 0.5) is 0 Å². The lowest BCUT2D eigenvalue weighted by Crippen LogP contribution is -2.12. The number of hydrogen-bond acceptors (Lipinski definition) is 4. The molecule has 0 heterocycles. The number of hydrogen-bond donors (Lipinski definition) is 4. The van der Waals surface area contributed by atoms with Crippen molar-refractivity contribution in [3.8, 4) is 0 Å². The average molecular weight is 322 g/mol. The normalized spacial score (nSPS) is 14.4. The van der Waals surface area contributed by atoms with Crippen LogP contribution in [0.5, 0.6) is 0 Å². The van der Waals surface area contributed by atoms with Gasteiger partial charge in [-0.2, -0.15) is 0 Å². The standard InChI is InChI=1S/C14H27O6P/c15-9-11(7-13(17)18)3-1-5-21-6-2-4-12(10-16)8-14(19)20/h11-12,15-16,21H,1-10H2,(H,17,18)(H,19,20). The monoisotopic (exact) mass is 322 g/mol. The van der Waals surface area contributed by atoms with Crippen LogP contribution in [0.25, 0.3) is 0 Å². The summed E-state index contributed by atoms with van der Waals surface area (Å²) in [6.07, 6.45) is 5.35. The smallest absolute Gasteiger partial charge is 0.303 e. The molecule has 0 aliphatic carbocycles. The first-order valence-corrected chi connectivity index (χ1v) is 8.77. The molecule has 0 saturated carbocycles. The summed E-state index contributed by atoms with van der Waals surface area (Å²) in [6, 6.07) is 0. The van der Waals surface area contributed by atoms with Crippen molar-refractivity contribution in [3.63, 3.8) is 0 Å². The zero-order valence-electron chi connectivity index (χ0n) is 12.3. The first-order valence-electron chi connectivity index (χ1n) is 7.35. The van der Waals surface area contributed by atoms with E-state index in [1.807, 2.05) is 0 Å². The summed E-state index contributed by atoms with van der Waals surface area (Å²) >= 11 is 0. The highest BCUT2D eigenvalue weighted by atomic mass is 31.1. The molecule has 0 amide bonds. The van der Waals surface area contributed by atoms with Gasteiger partial charge in [-0.1, -0.05) is 0 Å². The zero-order valence-corrected chi connectivity index (χ0v) is 13.3. The van der Waals surface area contributed by atoms with Crippen LogP contribution < -0.4 is 0 Å². The van der Waals surface area contributed by atoms with E-state index in [2.05, 4.69) is 0 Å². The predicted octanol–water partition coefficient (Wildman–Crippen LogP) is 1.39. The van der Waals surface area contributed by atoms with Crippen LogP contribution in [-0.4, -0.2) is 57.9 Å². The molecule has 0 rings (SSSR count). The molecule has 6 nitrogen and oxygen atoms in total. The zero-order chi connectivity index (χ0) is 16.1. The van der Waals surface area contributed by atoms with Gasteiger partial charge in [0.05, 0.1) is 12.8 Å². The Bertz CT molecular complexity index is 269. The molecule has 2 atom stereocenters. The van der Waals surface area contributed by atoms with Crippen molar-refractivity contribution in [1.82, 2.24) is 0 Å². The Balaban J connectivity index is 3.54. The molecular formula is C14H27O6P. The average Bonchev–Trinajstić information content (AvgIpc) is 2.42. The summed E-state index contributed by atoms with van der Waals surface area (Å²) in [7, 11) is 0.768. The van der Waals surface area contributed by atoms with Gasteiger partial charge in [-0.05, 0) is 49.8 Å². The molecule has 0 saturated heterocycles. The van der Waals surface area contributed by atoms with Crippen molar-refractivity contribution in [2.75, 3.05) is 25.5 Å². The Morgan fingerprint density at radius 3 is 1.48 bits per heavy atom. The molecule has 21 heavy (non-hydrogen) atoms. The Morgan fingerprint density at radius 1 is 0.810 bits per heavy atom. The van der Waals surface area contributed by atoms with Crippen LogP contribution in [0.15, 0.2) is 0 Å². The van der Waals surface area contributed by atoms with Gasteiger partial charge in [0.1, 0.15) is 0 Å². The van der Waals surface area contributed by atoms with Gasteiger partial charge in [0.25, 0.3) is 0 Å². The van der Waals surface area contributed by atoms with Crippen LogP contribution in [0.3, 0.4) is 0 Å². The van der Waals surface area contributed by atoms with Gasteiger partial charge in [-0.3, -0.25) is 9.59 Å². The Labute approximate surface area is 127 Å². The molecule has 0 radical (unpaired) electrons. The highest BCUT2D eigenvalue weighted by molar-refractivity contribution is 7.37. The van der Waals surface area contributed by atoms with Crippen LogP contribution in [-0.2, 0) is 9.59 Å². The van der Waals surface area contributed by atoms with Crippen molar-refractivity contribution >= 4 is 20.5 Å². The van der Waals surface area contributed by atoms with E-state index >= 15 is 0 Å². The van der Waals surface area contributed by atoms with Gasteiger partial charge in [0, 0.05) is 13.2 Å². The highest BCUT2D eigenvalue weighted by Crippen LogP contribution is 2.20. The van der Waals surface area contributed by atoms with Gasteiger partial charge in [-0.25, -0.2) is 0 Å². The van der Waals surface area contributed by atoms with E-state index in [9.17, 15) is 9.59 Å². The Kier molecular flexibility index (Phi) is 12.5. The summed E-state index contributed by atoms with van der Waals surface area (Å²) in [5.74, 6) is -2.04. The van der Waals surface area contributed by atoms with Crippen molar-refractivity contribution in [2.24, 2.45) is 11.8 Å². The molecule has 0 bridgehead atoms. The number of carboxylic acids is 2. The molecule has 0 aromatic heterocycles. The second-order valence-electron chi connectivity index (χ2n) is 5.33. The minimum atomic E-state index is -0.870. The summed E-state index contributed by atoms with van der Waals surface area (Å²) in [5.41, 5.74) is 0. The van der Waals surface area contributed by atoms with Crippen molar-refractivity contribution in [1.29, 1.82) is 0 Å². The number of aliphatic hydroxyl groups is 2. The molecule has 7 heteroatoms. The molecule has 2 unspecified atom stereocenters. The fourth-order valence-electron chi connectivity index (χ4n) is 2.17. The third-order valence-electron chi connectivity index (χ3n) is 3.37. The lowest BCUT2D eigenvalue weighted by atomic mass is 10.0. The number of aliphatic carboxylic acids is 2. The Hall–Kier alpha value is -0.710. The van der Waals surface area contributed by atoms with E-state index in [1.165, 1.54) is 0 Å². The van der Waals surface area contributed by atoms with Crippen molar-refractivity contribution in [3.05, 3.63) is 0 Å². The minimum Gasteiger partial charge on any atom is -0.481 e. The summed E-state index contributed by atoms with van der Waals surface area (Å²) in [5, 5.41) is 35.4. The van der Waals surface area contributed by atoms with E-state index in [1.54, 1.807) is 0 Å². The molecular weight excluding hydrogens is 295 g/mol. The lowest BCUT2D eigenvalue weighted by molar-refractivity contribution is -0.139. The van der Waals surface area contributed by atoms with Crippen LogP contribution >= 0.6 is 8.58 Å². The SMILES string of the molecule is O=C(O)CC(CO)CCCPCCCC(CO)CC(=O)O. The van der Waals surface area contributed by atoms with Crippen molar-refractivity contribution in [2.45, 2.75) is 38.5 Å². The van der Waals surface area contributed by atoms with Crippen molar-refractivity contribution < 1.29 is 30.0 Å². The largest absolute Gasteiger partial charge is 0.481 e. The number of carbonyl (C=O) groups is 2. The van der Waals surface area contributed by atoms with E-state index in [-0.39, 0.29) is 37.9 Å². The van der Waals surface area contributed by atoms with E-state index in [0.717, 1.165) is 46.6 Å². The third-order valence-corrected chi connectivity index (χ3v) is 4.79. The summed E-state index contributed by atoms with van der Waals surface area (Å²) < 4.78 is 0. The number of rotatable bonds is 14. The van der Waals surface area contributed by atoms with E-state index in [4.69, 9.17) is 20.4 Å². The first kappa shape index (κ1) is 20.3. The predicted molar refractivity (Wildman–Crippen MR) is 82.2 cm³/mol. The fourth-order valence-corrected chi connectivity index (χ4v) is 3.32. The molecule has 0 fully saturated rings. The van der Waals surface area contributed by atoms with Crippen LogP contribution in [0.2, 0.25) is 0 Å². The third kappa shape index (κ3) is 12.7. The van der Waals surface area contributed by atoms with Gasteiger partial charge < -0.3 is 20.4 Å².